The molecule has 0 aliphatic carbocycles. The van der Waals surface area contributed by atoms with Crippen molar-refractivity contribution in [3.8, 4) is 0 Å². The monoisotopic (exact) mass is 359 g/mol. The summed E-state index contributed by atoms with van der Waals surface area (Å²) >= 11 is 0. The van der Waals surface area contributed by atoms with Crippen LogP contribution < -0.4 is 10.9 Å². The van der Waals surface area contributed by atoms with Gasteiger partial charge in [0, 0.05) is 38.5 Å². The highest BCUT2D eigenvalue weighted by atomic mass is 32.2. The molecule has 8 nitrogen and oxygen atoms in total. The van der Waals surface area contributed by atoms with Crippen LogP contribution in [0.4, 0.5) is 0 Å². The summed E-state index contributed by atoms with van der Waals surface area (Å²) in [6.07, 6.45) is 1.20. The Kier molecular flexibility index (Phi) is 7.59. The van der Waals surface area contributed by atoms with E-state index in [0.29, 0.717) is 19.7 Å². The molecule has 1 amide bonds. The van der Waals surface area contributed by atoms with Gasteiger partial charge in [-0.25, -0.2) is 8.42 Å². The number of nitrogens with zero attached hydrogens (tertiary/aromatic N) is 2. The fraction of sp³-hybridized carbons (Fsp3) is 0.600. The zero-order valence-corrected chi connectivity index (χ0v) is 15.3. The lowest BCUT2D eigenvalue weighted by Crippen LogP contribution is -2.39. The third-order valence-corrected chi connectivity index (χ3v) is 5.47. The average molecular weight is 359 g/mol. The second kappa shape index (κ2) is 8.95. The largest absolute Gasteiger partial charge is 0.383 e. The first-order chi connectivity index (χ1) is 11.3. The van der Waals surface area contributed by atoms with Gasteiger partial charge in [-0.05, 0) is 13.0 Å². The zero-order chi connectivity index (χ0) is 18.3. The fourth-order valence-corrected chi connectivity index (χ4v) is 3.74. The van der Waals surface area contributed by atoms with Crippen LogP contribution in [0.5, 0.6) is 0 Å². The topological polar surface area (TPSA) is 97.7 Å². The number of carbonyl (C=O) groups excluding carboxylic acids is 1. The molecule has 24 heavy (non-hydrogen) atoms. The van der Waals surface area contributed by atoms with Crippen molar-refractivity contribution in [2.45, 2.75) is 38.3 Å². The maximum absolute atomic E-state index is 12.5. The van der Waals surface area contributed by atoms with Crippen molar-refractivity contribution in [3.63, 3.8) is 0 Å². The van der Waals surface area contributed by atoms with Crippen molar-refractivity contribution >= 4 is 15.9 Å². The minimum atomic E-state index is -3.69. The van der Waals surface area contributed by atoms with Crippen LogP contribution in [0.1, 0.15) is 20.8 Å². The number of hydrogen-bond donors (Lipinski definition) is 1. The predicted molar refractivity (Wildman–Crippen MR) is 90.3 cm³/mol. The van der Waals surface area contributed by atoms with Gasteiger partial charge >= 0.3 is 0 Å². The highest BCUT2D eigenvalue weighted by Crippen LogP contribution is 2.13. The van der Waals surface area contributed by atoms with E-state index in [1.165, 1.54) is 23.7 Å². The van der Waals surface area contributed by atoms with Crippen LogP contribution in [0.2, 0.25) is 0 Å². The number of nitrogens with one attached hydrogen (secondary N) is 1. The molecular weight excluding hydrogens is 334 g/mol. The number of hydrogen-bond acceptors (Lipinski definition) is 5. The van der Waals surface area contributed by atoms with E-state index in [9.17, 15) is 18.0 Å². The van der Waals surface area contributed by atoms with Crippen LogP contribution in [-0.2, 0) is 26.1 Å². The molecule has 0 unspecified atom stereocenters. The number of methoxy groups -OCH3 is 1. The lowest BCUT2D eigenvalue weighted by Gasteiger charge is -2.19. The zero-order valence-electron chi connectivity index (χ0n) is 14.5. The molecular formula is C15H25N3O5S. The Labute approximate surface area is 142 Å². The molecule has 0 aliphatic rings. The average Bonchev–Trinajstić information content (AvgIpc) is 2.50. The molecule has 0 saturated heterocycles. The van der Waals surface area contributed by atoms with E-state index in [1.807, 2.05) is 0 Å². The molecule has 0 saturated carbocycles. The summed E-state index contributed by atoms with van der Waals surface area (Å²) in [6, 6.07) is 2.21. The molecule has 1 N–H and O–H groups in total. The van der Waals surface area contributed by atoms with Crippen molar-refractivity contribution in [1.82, 2.24) is 14.2 Å². The molecule has 9 heteroatoms. The molecule has 1 heterocycles. The Balaban J connectivity index is 3.03. The molecule has 1 atom stereocenters. The highest BCUT2D eigenvalue weighted by molar-refractivity contribution is 7.89. The second-order valence-corrected chi connectivity index (χ2v) is 7.28. The van der Waals surface area contributed by atoms with E-state index in [1.54, 1.807) is 20.8 Å². The lowest BCUT2D eigenvalue weighted by molar-refractivity contribution is -0.122. The molecule has 136 valence electrons. The van der Waals surface area contributed by atoms with Crippen molar-refractivity contribution in [2.24, 2.45) is 0 Å². The van der Waals surface area contributed by atoms with Gasteiger partial charge in [0.2, 0.25) is 15.9 Å². The summed E-state index contributed by atoms with van der Waals surface area (Å²) in [5.74, 6) is -0.390. The number of sulfonamides is 1. The van der Waals surface area contributed by atoms with Gasteiger partial charge in [-0.1, -0.05) is 13.8 Å². The Bertz CT molecular complexity index is 710. The number of amides is 1. The van der Waals surface area contributed by atoms with Gasteiger partial charge in [0.1, 0.15) is 6.54 Å². The van der Waals surface area contributed by atoms with Gasteiger partial charge in [0.25, 0.3) is 5.56 Å². The van der Waals surface area contributed by atoms with Crippen LogP contribution >= 0.6 is 0 Å². The first kappa shape index (κ1) is 20.3. The van der Waals surface area contributed by atoms with Crippen LogP contribution in [-0.4, -0.2) is 56.0 Å². The van der Waals surface area contributed by atoms with E-state index in [2.05, 4.69) is 5.32 Å². The van der Waals surface area contributed by atoms with Crippen LogP contribution in [0.25, 0.3) is 0 Å². The third kappa shape index (κ3) is 5.15. The van der Waals surface area contributed by atoms with Gasteiger partial charge in [-0.3, -0.25) is 9.59 Å². The molecule has 1 rings (SSSR count). The van der Waals surface area contributed by atoms with Crippen molar-refractivity contribution < 1.29 is 17.9 Å². The Morgan fingerprint density at radius 1 is 1.33 bits per heavy atom. The first-order valence-electron chi connectivity index (χ1n) is 7.75. The number of carbonyl (C=O) groups is 1. The Morgan fingerprint density at radius 2 is 1.96 bits per heavy atom. The standard InChI is InChI=1S/C15H25N3O5S/c1-5-18(6-2)24(21,22)13-7-8-15(20)17(9-13)10-14(19)16-12(3)11-23-4/h7-9,12H,5-6,10-11H2,1-4H3,(H,16,19)/t12-/m1/s1. The SMILES string of the molecule is CCN(CC)S(=O)(=O)c1ccc(=O)n(CC(=O)N[C@H](C)COC)c1. The molecule has 0 aliphatic heterocycles. The second-order valence-electron chi connectivity index (χ2n) is 5.34. The minimum Gasteiger partial charge on any atom is -0.383 e. The summed E-state index contributed by atoms with van der Waals surface area (Å²) in [5, 5.41) is 2.68. The van der Waals surface area contributed by atoms with Gasteiger partial charge in [0.15, 0.2) is 0 Å². The molecule has 1 aromatic rings. The molecule has 0 radical (unpaired) electrons. The minimum absolute atomic E-state index is 0.0106. The Hall–Kier alpha value is -1.71. The van der Waals surface area contributed by atoms with Crippen molar-refractivity contribution in [1.29, 1.82) is 0 Å². The van der Waals surface area contributed by atoms with Crippen molar-refractivity contribution in [2.75, 3.05) is 26.8 Å². The van der Waals surface area contributed by atoms with E-state index < -0.39 is 15.6 Å². The highest BCUT2D eigenvalue weighted by Gasteiger charge is 2.22. The number of pyridine rings is 1. The van der Waals surface area contributed by atoms with Gasteiger partial charge < -0.3 is 14.6 Å². The Morgan fingerprint density at radius 3 is 2.50 bits per heavy atom. The number of ether oxygens (including phenoxy) is 1. The van der Waals surface area contributed by atoms with E-state index >= 15 is 0 Å². The predicted octanol–water partition coefficient (Wildman–Crippen LogP) is 0.0299. The van der Waals surface area contributed by atoms with Crippen LogP contribution in [0.3, 0.4) is 0 Å². The van der Waals surface area contributed by atoms with E-state index in [0.717, 1.165) is 10.6 Å². The van der Waals surface area contributed by atoms with E-state index in [4.69, 9.17) is 4.74 Å². The molecule has 1 aromatic heterocycles. The van der Waals surface area contributed by atoms with Gasteiger partial charge in [0.05, 0.1) is 11.5 Å². The summed E-state index contributed by atoms with van der Waals surface area (Å²) in [4.78, 5) is 23.9. The molecule has 0 aromatic carbocycles. The van der Waals surface area contributed by atoms with Gasteiger partial charge in [-0.2, -0.15) is 4.31 Å². The fourth-order valence-electron chi connectivity index (χ4n) is 2.26. The molecule has 0 bridgehead atoms. The van der Waals surface area contributed by atoms with Crippen LogP contribution in [0.15, 0.2) is 28.0 Å². The third-order valence-electron chi connectivity index (χ3n) is 3.44. The van der Waals surface area contributed by atoms with E-state index in [-0.39, 0.29) is 23.4 Å². The maximum Gasteiger partial charge on any atom is 0.251 e. The summed E-state index contributed by atoms with van der Waals surface area (Å²) in [7, 11) is -2.16. The molecule has 0 spiro atoms. The quantitative estimate of drug-likeness (QED) is 0.671. The lowest BCUT2D eigenvalue weighted by atomic mass is 10.3. The van der Waals surface area contributed by atoms with Crippen molar-refractivity contribution in [3.05, 3.63) is 28.7 Å². The summed E-state index contributed by atoms with van der Waals surface area (Å²) < 4.78 is 32.3. The normalized spacial score (nSPS) is 13.0. The van der Waals surface area contributed by atoms with Crippen LogP contribution in [0, 0.1) is 0 Å². The summed E-state index contributed by atoms with van der Waals surface area (Å²) in [5.41, 5.74) is -0.442. The maximum atomic E-state index is 12.5. The number of rotatable bonds is 9. The molecule has 0 fully saturated rings. The summed E-state index contributed by atoms with van der Waals surface area (Å²) in [6.45, 7) is 5.99. The van der Waals surface area contributed by atoms with Gasteiger partial charge in [-0.15, -0.1) is 0 Å². The first-order valence-corrected chi connectivity index (χ1v) is 9.19. The smallest absolute Gasteiger partial charge is 0.251 e. The number of aromatic nitrogens is 1.